The van der Waals surface area contributed by atoms with Crippen LogP contribution in [-0.4, -0.2) is 21.8 Å². The van der Waals surface area contributed by atoms with Crippen molar-refractivity contribution in [3.63, 3.8) is 0 Å². The van der Waals surface area contributed by atoms with E-state index < -0.39 is 5.97 Å². The van der Waals surface area contributed by atoms with Gasteiger partial charge in [0.15, 0.2) is 0 Å². The minimum atomic E-state index is -0.436. The summed E-state index contributed by atoms with van der Waals surface area (Å²) in [5.41, 5.74) is 0.905. The Bertz CT molecular complexity index is 1150. The fourth-order valence-corrected chi connectivity index (χ4v) is 3.38. The van der Waals surface area contributed by atoms with Crippen LogP contribution in [0.1, 0.15) is 38.1 Å². The van der Waals surface area contributed by atoms with Crippen molar-refractivity contribution in [3.05, 3.63) is 67.1 Å². The minimum absolute atomic E-state index is 0.0200. The van der Waals surface area contributed by atoms with Gasteiger partial charge in [-0.3, -0.25) is 9.59 Å². The van der Waals surface area contributed by atoms with Gasteiger partial charge in [0.2, 0.25) is 0 Å². The van der Waals surface area contributed by atoms with Gasteiger partial charge in [-0.2, -0.15) is 9.78 Å². The molecule has 0 bridgehead atoms. The second kappa shape index (κ2) is 8.36. The molecule has 0 fully saturated rings. The number of halogens is 2. The second-order valence-corrected chi connectivity index (χ2v) is 8.25. The summed E-state index contributed by atoms with van der Waals surface area (Å²) in [6.07, 6.45) is 1.49. The summed E-state index contributed by atoms with van der Waals surface area (Å²) in [5.74, 6) is 0.442. The standard InChI is InChI=1S/C20H17Br2N3O3/c1-11(2)19-24-17-6-4-15(22)9-16(17)20(27)25(19)23-10-13-8-14(21)5-7-18(13)28-12(3)26/h4-11H,1-3H3. The Hall–Kier alpha value is -2.32. The lowest BCUT2D eigenvalue weighted by molar-refractivity contribution is -0.131. The van der Waals surface area contributed by atoms with Crippen LogP contribution >= 0.6 is 31.9 Å². The average molecular weight is 507 g/mol. The molecule has 8 heteroatoms. The first-order valence-electron chi connectivity index (χ1n) is 8.51. The molecule has 0 aliphatic carbocycles. The van der Waals surface area contributed by atoms with Gasteiger partial charge in [-0.05, 0) is 36.4 Å². The maximum atomic E-state index is 13.1. The molecule has 0 amide bonds. The molecule has 0 N–H and O–H groups in total. The fraction of sp³-hybridized carbons (Fsp3) is 0.200. The maximum Gasteiger partial charge on any atom is 0.308 e. The molecule has 0 aliphatic heterocycles. The smallest absolute Gasteiger partial charge is 0.308 e. The molecule has 0 radical (unpaired) electrons. The molecule has 1 aromatic heterocycles. The molecule has 1 heterocycles. The third-order valence-electron chi connectivity index (χ3n) is 3.89. The van der Waals surface area contributed by atoms with E-state index in [-0.39, 0.29) is 11.5 Å². The summed E-state index contributed by atoms with van der Waals surface area (Å²) in [7, 11) is 0. The number of fused-ring (bicyclic) bond motifs is 1. The van der Waals surface area contributed by atoms with E-state index in [0.717, 1.165) is 8.95 Å². The Labute approximate surface area is 178 Å². The van der Waals surface area contributed by atoms with Crippen molar-refractivity contribution in [2.24, 2.45) is 5.10 Å². The van der Waals surface area contributed by atoms with Crippen LogP contribution in [0.5, 0.6) is 5.75 Å². The zero-order chi connectivity index (χ0) is 20.4. The maximum absolute atomic E-state index is 13.1. The van der Waals surface area contributed by atoms with E-state index in [0.29, 0.717) is 28.0 Å². The van der Waals surface area contributed by atoms with E-state index in [4.69, 9.17) is 4.74 Å². The van der Waals surface area contributed by atoms with Crippen LogP contribution in [0.15, 0.2) is 55.2 Å². The zero-order valence-corrected chi connectivity index (χ0v) is 18.6. The van der Waals surface area contributed by atoms with Crippen LogP contribution in [0.4, 0.5) is 0 Å². The third kappa shape index (κ3) is 4.39. The van der Waals surface area contributed by atoms with Gasteiger partial charge in [-0.25, -0.2) is 4.98 Å². The molecule has 3 aromatic rings. The highest BCUT2D eigenvalue weighted by Gasteiger charge is 2.14. The lowest BCUT2D eigenvalue weighted by Gasteiger charge is -2.12. The fourth-order valence-electron chi connectivity index (χ4n) is 2.64. The molecule has 144 valence electrons. The average Bonchev–Trinajstić information content (AvgIpc) is 2.62. The van der Waals surface area contributed by atoms with Gasteiger partial charge in [0.05, 0.1) is 17.1 Å². The third-order valence-corrected chi connectivity index (χ3v) is 4.87. The van der Waals surface area contributed by atoms with Crippen LogP contribution in [0.2, 0.25) is 0 Å². The highest BCUT2D eigenvalue weighted by Crippen LogP contribution is 2.23. The van der Waals surface area contributed by atoms with Crippen LogP contribution in [0, 0.1) is 0 Å². The van der Waals surface area contributed by atoms with Crippen molar-refractivity contribution in [1.29, 1.82) is 0 Å². The first-order chi connectivity index (χ1) is 13.3. The molecular weight excluding hydrogens is 490 g/mol. The molecule has 2 aromatic carbocycles. The minimum Gasteiger partial charge on any atom is -0.426 e. The van der Waals surface area contributed by atoms with Crippen molar-refractivity contribution in [2.45, 2.75) is 26.7 Å². The summed E-state index contributed by atoms with van der Waals surface area (Å²) < 4.78 is 8.09. The van der Waals surface area contributed by atoms with Gasteiger partial charge in [-0.1, -0.05) is 45.7 Å². The first kappa shape index (κ1) is 20.4. The van der Waals surface area contributed by atoms with Crippen molar-refractivity contribution >= 4 is 54.9 Å². The molecule has 0 atom stereocenters. The van der Waals surface area contributed by atoms with E-state index in [1.54, 1.807) is 30.3 Å². The number of carbonyl (C=O) groups excluding carboxylic acids is 1. The number of esters is 1. The van der Waals surface area contributed by atoms with Crippen molar-refractivity contribution in [1.82, 2.24) is 9.66 Å². The summed E-state index contributed by atoms with van der Waals surface area (Å²) in [5, 5.41) is 4.84. The Morgan fingerprint density at radius 2 is 1.86 bits per heavy atom. The summed E-state index contributed by atoms with van der Waals surface area (Å²) >= 11 is 6.78. The molecular formula is C20H17Br2N3O3. The summed E-state index contributed by atoms with van der Waals surface area (Å²) in [4.78, 5) is 29.0. The number of carbonyl (C=O) groups is 1. The molecule has 0 saturated heterocycles. The van der Waals surface area contributed by atoms with E-state index >= 15 is 0 Å². The molecule has 6 nitrogen and oxygen atoms in total. The van der Waals surface area contributed by atoms with E-state index in [1.807, 2.05) is 19.9 Å². The van der Waals surface area contributed by atoms with Gasteiger partial charge >= 0.3 is 5.97 Å². The number of hydrogen-bond donors (Lipinski definition) is 0. The topological polar surface area (TPSA) is 73.5 Å². The van der Waals surface area contributed by atoms with Crippen LogP contribution in [-0.2, 0) is 4.79 Å². The number of nitrogens with zero attached hydrogens (tertiary/aromatic N) is 3. The molecule has 3 rings (SSSR count). The molecule has 0 spiro atoms. The van der Waals surface area contributed by atoms with Gasteiger partial charge < -0.3 is 4.74 Å². The van der Waals surface area contributed by atoms with Crippen LogP contribution in [0.3, 0.4) is 0 Å². The Morgan fingerprint density at radius 3 is 2.54 bits per heavy atom. The first-order valence-corrected chi connectivity index (χ1v) is 10.1. The number of ether oxygens (including phenoxy) is 1. The van der Waals surface area contributed by atoms with Gasteiger partial charge in [-0.15, -0.1) is 0 Å². The monoisotopic (exact) mass is 505 g/mol. The summed E-state index contributed by atoms with van der Waals surface area (Å²) in [6.45, 7) is 5.22. The number of aromatic nitrogens is 2. The highest BCUT2D eigenvalue weighted by molar-refractivity contribution is 9.10. The summed E-state index contributed by atoms with van der Waals surface area (Å²) in [6, 6.07) is 10.6. The second-order valence-electron chi connectivity index (χ2n) is 6.42. The van der Waals surface area contributed by atoms with Crippen molar-refractivity contribution < 1.29 is 9.53 Å². The van der Waals surface area contributed by atoms with Gasteiger partial charge in [0, 0.05) is 27.4 Å². The van der Waals surface area contributed by atoms with Crippen LogP contribution < -0.4 is 10.3 Å². The van der Waals surface area contributed by atoms with Crippen molar-refractivity contribution in [2.75, 3.05) is 0 Å². The lowest BCUT2D eigenvalue weighted by atomic mass is 10.2. The van der Waals surface area contributed by atoms with Gasteiger partial charge in [0.25, 0.3) is 5.56 Å². The quantitative estimate of drug-likeness (QED) is 0.288. The normalized spacial score (nSPS) is 11.5. The van der Waals surface area contributed by atoms with Gasteiger partial charge in [0.1, 0.15) is 11.6 Å². The Kier molecular flexibility index (Phi) is 6.10. The van der Waals surface area contributed by atoms with E-state index in [9.17, 15) is 9.59 Å². The van der Waals surface area contributed by atoms with Crippen molar-refractivity contribution in [3.8, 4) is 5.75 Å². The molecule has 28 heavy (non-hydrogen) atoms. The van der Waals surface area contributed by atoms with E-state index in [2.05, 4.69) is 41.9 Å². The lowest BCUT2D eigenvalue weighted by Crippen LogP contribution is -2.23. The molecule has 0 aliphatic rings. The highest BCUT2D eigenvalue weighted by atomic mass is 79.9. The van der Waals surface area contributed by atoms with Crippen LogP contribution in [0.25, 0.3) is 10.9 Å². The largest absolute Gasteiger partial charge is 0.426 e. The number of hydrogen-bond acceptors (Lipinski definition) is 5. The zero-order valence-electron chi connectivity index (χ0n) is 15.4. The predicted molar refractivity (Wildman–Crippen MR) is 116 cm³/mol. The SMILES string of the molecule is CC(=O)Oc1ccc(Br)cc1C=Nn1c(C(C)C)nc2ccc(Br)cc2c1=O. The Morgan fingerprint density at radius 1 is 1.18 bits per heavy atom. The molecule has 0 saturated carbocycles. The Balaban J connectivity index is 2.18. The molecule has 0 unspecified atom stereocenters. The predicted octanol–water partition coefficient (Wildman–Crippen LogP) is 4.85. The number of benzene rings is 2. The van der Waals surface area contributed by atoms with E-state index in [1.165, 1.54) is 17.8 Å². The number of rotatable bonds is 4.